The number of fused-ring (bicyclic) bond motifs is 1. The third-order valence-electron chi connectivity index (χ3n) is 8.02. The molecule has 0 bridgehead atoms. The van der Waals surface area contributed by atoms with Crippen LogP contribution < -0.4 is 15.8 Å². The number of methoxy groups -OCH3 is 1. The number of likely N-dealkylation sites (tertiary alicyclic amines) is 1. The van der Waals surface area contributed by atoms with Gasteiger partial charge in [-0.3, -0.25) is 9.69 Å². The molecule has 1 aromatic carbocycles. The highest BCUT2D eigenvalue weighted by Crippen LogP contribution is 2.42. The van der Waals surface area contributed by atoms with Crippen LogP contribution in [0.3, 0.4) is 0 Å². The average Bonchev–Trinajstić information content (AvgIpc) is 3.51. The number of aromatic nitrogens is 3. The van der Waals surface area contributed by atoms with Crippen LogP contribution in [0.4, 0.5) is 32.2 Å². The molecule has 1 amide bonds. The Morgan fingerprint density at radius 3 is 2.55 bits per heavy atom. The van der Waals surface area contributed by atoms with Gasteiger partial charge in [0.05, 0.1) is 31.2 Å². The molecule has 1 fully saturated rings. The number of nitrogens with two attached hydrogens (primary N) is 1. The highest BCUT2D eigenvalue weighted by atomic mass is 19.3. The SMILES string of the molecule is COc1ncc(C2CN([C@@H](C)C(=O)Nc3cn4c(n3)CC[C@@H]4c3cc(F)cc(F)c3)CCC2(F)F)cc1C(N)C(F)F. The van der Waals surface area contributed by atoms with E-state index in [4.69, 9.17) is 10.5 Å². The zero-order valence-corrected chi connectivity index (χ0v) is 22.8. The minimum atomic E-state index is -3.19. The van der Waals surface area contributed by atoms with Crippen molar-refractivity contribution in [2.75, 3.05) is 25.5 Å². The van der Waals surface area contributed by atoms with Crippen molar-refractivity contribution >= 4 is 11.7 Å². The highest BCUT2D eigenvalue weighted by Gasteiger charge is 2.47. The summed E-state index contributed by atoms with van der Waals surface area (Å²) >= 11 is 0. The lowest BCUT2D eigenvalue weighted by molar-refractivity contribution is -0.125. The van der Waals surface area contributed by atoms with E-state index in [-0.39, 0.29) is 42.0 Å². The predicted molar refractivity (Wildman–Crippen MR) is 141 cm³/mol. The van der Waals surface area contributed by atoms with Gasteiger partial charge in [0.25, 0.3) is 12.3 Å². The van der Waals surface area contributed by atoms with Crippen molar-refractivity contribution < 1.29 is 35.9 Å². The van der Waals surface area contributed by atoms with Crippen molar-refractivity contribution in [1.29, 1.82) is 0 Å². The second-order valence-corrected chi connectivity index (χ2v) is 10.7. The van der Waals surface area contributed by atoms with Crippen LogP contribution in [0.15, 0.2) is 36.7 Å². The monoisotopic (exact) mass is 596 g/mol. The number of aryl methyl sites for hydroxylation is 1. The van der Waals surface area contributed by atoms with E-state index in [1.807, 2.05) is 0 Å². The Kier molecular flexibility index (Phi) is 8.21. The third-order valence-corrected chi connectivity index (χ3v) is 8.02. The number of anilines is 1. The summed E-state index contributed by atoms with van der Waals surface area (Å²) in [5, 5.41) is 2.71. The van der Waals surface area contributed by atoms with Gasteiger partial charge in [-0.05, 0) is 42.7 Å². The summed E-state index contributed by atoms with van der Waals surface area (Å²) in [5.74, 6) is -5.81. The van der Waals surface area contributed by atoms with Gasteiger partial charge in [0.1, 0.15) is 17.5 Å². The minimum Gasteiger partial charge on any atom is -0.481 e. The van der Waals surface area contributed by atoms with Crippen molar-refractivity contribution in [3.05, 3.63) is 70.8 Å². The van der Waals surface area contributed by atoms with Crippen molar-refractivity contribution in [3.63, 3.8) is 0 Å². The molecule has 42 heavy (non-hydrogen) atoms. The number of rotatable bonds is 8. The van der Waals surface area contributed by atoms with Crippen LogP contribution in [-0.2, 0) is 11.2 Å². The second kappa shape index (κ2) is 11.6. The van der Waals surface area contributed by atoms with E-state index in [9.17, 15) is 22.4 Å². The smallest absolute Gasteiger partial charge is 0.257 e. The lowest BCUT2D eigenvalue weighted by Gasteiger charge is -2.40. The van der Waals surface area contributed by atoms with Crippen LogP contribution >= 0.6 is 0 Å². The fourth-order valence-electron chi connectivity index (χ4n) is 5.69. The first-order valence-electron chi connectivity index (χ1n) is 13.4. The van der Waals surface area contributed by atoms with Crippen molar-refractivity contribution in [2.24, 2.45) is 5.73 Å². The van der Waals surface area contributed by atoms with Gasteiger partial charge in [-0.25, -0.2) is 36.3 Å². The van der Waals surface area contributed by atoms with E-state index in [1.54, 1.807) is 22.6 Å². The maximum Gasteiger partial charge on any atom is 0.257 e. The fourth-order valence-corrected chi connectivity index (χ4v) is 5.69. The number of hydrogen-bond acceptors (Lipinski definition) is 6. The first kappa shape index (κ1) is 29.8. The van der Waals surface area contributed by atoms with Crippen LogP contribution in [0.5, 0.6) is 5.88 Å². The summed E-state index contributed by atoms with van der Waals surface area (Å²) in [4.78, 5) is 23.1. The Morgan fingerprint density at radius 2 is 1.88 bits per heavy atom. The molecular weight excluding hydrogens is 566 g/mol. The van der Waals surface area contributed by atoms with Gasteiger partial charge in [-0.1, -0.05) is 0 Å². The molecular formula is C28H30F6N6O2. The van der Waals surface area contributed by atoms with E-state index in [1.165, 1.54) is 25.3 Å². The number of benzene rings is 1. The molecule has 4 atom stereocenters. The fraction of sp³-hybridized carbons (Fsp3) is 0.464. The standard InChI is InChI=1S/C28H30F6N6O2/c1-14(26(41)38-22-13-40-21(3-4-23(40)37-22)15-7-17(29)10-18(30)8-15)39-6-5-28(33,34)20(12-39)16-9-19(24(35)25(31)32)27(42-2)36-11-16/h7-11,13-14,20-21,24-25H,3-6,12,35H2,1-2H3,(H,38,41)/t14-,20?,21+,24?/m0/s1. The van der Waals surface area contributed by atoms with Crippen LogP contribution in [0.2, 0.25) is 0 Å². The predicted octanol–water partition coefficient (Wildman–Crippen LogP) is 4.82. The second-order valence-electron chi connectivity index (χ2n) is 10.7. The van der Waals surface area contributed by atoms with Crippen molar-refractivity contribution in [1.82, 2.24) is 19.4 Å². The molecule has 0 radical (unpaired) electrons. The maximum atomic E-state index is 15.1. The Labute approximate surface area is 237 Å². The van der Waals surface area contributed by atoms with Crippen molar-refractivity contribution in [3.8, 4) is 5.88 Å². The number of piperidine rings is 1. The summed E-state index contributed by atoms with van der Waals surface area (Å²) in [6, 6.07) is 1.51. The van der Waals surface area contributed by atoms with Crippen LogP contribution in [0.1, 0.15) is 60.3 Å². The molecule has 0 saturated carbocycles. The molecule has 0 spiro atoms. The number of alkyl halides is 4. The number of nitrogens with zero attached hydrogens (tertiary/aromatic N) is 4. The number of halogens is 6. The minimum absolute atomic E-state index is 0.00885. The number of carbonyl (C=O) groups is 1. The Bertz CT molecular complexity index is 1450. The molecule has 4 heterocycles. The van der Waals surface area contributed by atoms with Gasteiger partial charge in [-0.2, -0.15) is 0 Å². The Balaban J connectivity index is 1.31. The quantitative estimate of drug-likeness (QED) is 0.362. The van der Waals surface area contributed by atoms with E-state index < -0.39 is 54.3 Å². The highest BCUT2D eigenvalue weighted by molar-refractivity contribution is 5.93. The Hall–Kier alpha value is -3.65. The third kappa shape index (κ3) is 5.82. The van der Waals surface area contributed by atoms with Gasteiger partial charge >= 0.3 is 0 Å². The van der Waals surface area contributed by atoms with E-state index in [2.05, 4.69) is 15.3 Å². The number of hydrogen-bond donors (Lipinski definition) is 2. The molecule has 1 saturated heterocycles. The normalized spacial score (nSPS) is 21.7. The average molecular weight is 597 g/mol. The number of imidazole rings is 1. The molecule has 2 aliphatic rings. The van der Waals surface area contributed by atoms with E-state index in [0.29, 0.717) is 24.2 Å². The summed E-state index contributed by atoms with van der Waals surface area (Å²) in [6.07, 6.45) is 0.332. The van der Waals surface area contributed by atoms with Gasteiger partial charge in [0, 0.05) is 50.0 Å². The van der Waals surface area contributed by atoms with Crippen molar-refractivity contribution in [2.45, 2.75) is 62.6 Å². The Morgan fingerprint density at radius 1 is 1.17 bits per heavy atom. The molecule has 0 aliphatic carbocycles. The summed E-state index contributed by atoms with van der Waals surface area (Å²) in [6.45, 7) is 1.24. The number of amides is 1. The molecule has 5 rings (SSSR count). The zero-order chi connectivity index (χ0) is 30.3. The van der Waals surface area contributed by atoms with Gasteiger partial charge in [0.15, 0.2) is 5.82 Å². The van der Waals surface area contributed by atoms with E-state index in [0.717, 1.165) is 12.3 Å². The van der Waals surface area contributed by atoms with Crippen LogP contribution in [0.25, 0.3) is 0 Å². The molecule has 226 valence electrons. The van der Waals surface area contributed by atoms with Crippen LogP contribution in [0, 0.1) is 11.6 Å². The lowest BCUT2D eigenvalue weighted by Crippen LogP contribution is -2.52. The number of pyridine rings is 1. The first-order chi connectivity index (χ1) is 19.9. The topological polar surface area (TPSA) is 98.3 Å². The first-order valence-corrected chi connectivity index (χ1v) is 13.4. The largest absolute Gasteiger partial charge is 0.481 e. The molecule has 2 aromatic heterocycles. The number of nitrogens with one attached hydrogen (secondary N) is 1. The maximum absolute atomic E-state index is 15.1. The van der Waals surface area contributed by atoms with E-state index >= 15 is 8.78 Å². The summed E-state index contributed by atoms with van der Waals surface area (Å²) in [5.41, 5.74) is 5.86. The van der Waals surface area contributed by atoms with Gasteiger partial charge < -0.3 is 20.4 Å². The zero-order valence-electron chi connectivity index (χ0n) is 22.8. The lowest BCUT2D eigenvalue weighted by atomic mass is 9.86. The summed E-state index contributed by atoms with van der Waals surface area (Å²) < 4.78 is 91.2. The molecule has 8 nitrogen and oxygen atoms in total. The molecule has 3 N–H and O–H groups in total. The molecule has 2 aliphatic heterocycles. The van der Waals surface area contributed by atoms with Gasteiger partial charge in [0.2, 0.25) is 11.8 Å². The number of ether oxygens (including phenoxy) is 1. The number of carbonyl (C=O) groups excluding carboxylic acids is 1. The summed E-state index contributed by atoms with van der Waals surface area (Å²) in [7, 11) is 1.22. The molecule has 3 aromatic rings. The molecule has 14 heteroatoms. The van der Waals surface area contributed by atoms with Crippen LogP contribution in [-0.4, -0.2) is 63.9 Å². The van der Waals surface area contributed by atoms with Gasteiger partial charge in [-0.15, -0.1) is 0 Å². The molecule has 2 unspecified atom stereocenters.